The minimum absolute atomic E-state index is 0.00463. The predicted octanol–water partition coefficient (Wildman–Crippen LogP) is 5.51. The Morgan fingerprint density at radius 3 is 1.74 bits per heavy atom. The smallest absolute Gasteiger partial charge is 0.409 e. The Labute approximate surface area is 494 Å². The van der Waals surface area contributed by atoms with Crippen LogP contribution in [-0.2, 0) is 85.8 Å². The molecule has 2 aliphatic heterocycles. The third kappa shape index (κ3) is 18.6. The summed E-state index contributed by atoms with van der Waals surface area (Å²) in [4.78, 5) is 76.5. The summed E-state index contributed by atoms with van der Waals surface area (Å²) in [6.07, 6.45) is -6.42. The SMILES string of the molecule is COc1ccc(C(OC[C@H]2O[C@@H](n3cc(C)c(=O)[nH]c3=O)C[C@@H]2OP(=O)(OCCOCCOCCOCCO[C@@H]2O[C@H](COC(C)=O)[C@H](OC(C)=O)[C@H](OC(C)=O)[C@H]2NC(C)=O)N(C(C)C)C(C)C)(c2ccccc2)c2ccc(OC)cc2)cc1. The van der Waals surface area contributed by atoms with Gasteiger partial charge < -0.3 is 62.2 Å². The van der Waals surface area contributed by atoms with Crippen LogP contribution < -0.4 is 26.0 Å². The zero-order valence-electron chi connectivity index (χ0n) is 50.0. The van der Waals surface area contributed by atoms with E-state index in [1.54, 1.807) is 25.8 Å². The van der Waals surface area contributed by atoms with Gasteiger partial charge in [-0.1, -0.05) is 54.6 Å². The summed E-state index contributed by atoms with van der Waals surface area (Å²) in [5, 5.41) is 2.64. The molecule has 3 heterocycles. The van der Waals surface area contributed by atoms with Crippen molar-refractivity contribution in [2.24, 2.45) is 0 Å². The molecule has 26 heteroatoms. The number of aryl methyl sites for hydroxylation is 1. The third-order valence-corrected chi connectivity index (χ3v) is 16.2. The first-order valence-corrected chi connectivity index (χ1v) is 29.5. The van der Waals surface area contributed by atoms with Crippen molar-refractivity contribution >= 4 is 31.6 Å². The predicted molar refractivity (Wildman–Crippen MR) is 306 cm³/mol. The van der Waals surface area contributed by atoms with E-state index in [1.165, 1.54) is 24.6 Å². The maximum Gasteiger partial charge on any atom is 0.409 e. The van der Waals surface area contributed by atoms with E-state index in [0.717, 1.165) is 30.5 Å². The zero-order valence-corrected chi connectivity index (χ0v) is 50.9. The van der Waals surface area contributed by atoms with Crippen molar-refractivity contribution in [3.05, 3.63) is 128 Å². The first-order chi connectivity index (χ1) is 40.6. The Balaban J connectivity index is 1.10. The number of carbonyl (C=O) groups excluding carboxylic acids is 4. The number of hydrogen-bond acceptors (Lipinski definition) is 21. The van der Waals surface area contributed by atoms with Crippen LogP contribution in [-0.4, -0.2) is 173 Å². The number of methoxy groups -OCH3 is 2. The highest BCUT2D eigenvalue weighted by Crippen LogP contribution is 2.57. The van der Waals surface area contributed by atoms with Crippen LogP contribution in [0.1, 0.15) is 90.3 Å². The second-order valence-corrected chi connectivity index (χ2v) is 22.5. The fraction of sp³-hybridized carbons (Fsp3) is 0.559. The van der Waals surface area contributed by atoms with E-state index < -0.39 is 97.5 Å². The molecule has 2 aliphatic rings. The van der Waals surface area contributed by atoms with E-state index in [2.05, 4.69) is 10.3 Å². The zero-order chi connectivity index (χ0) is 61.8. The molecular formula is C59H81N4O21P. The Morgan fingerprint density at radius 2 is 1.22 bits per heavy atom. The van der Waals surface area contributed by atoms with Gasteiger partial charge in [0.15, 0.2) is 18.5 Å². The molecule has 0 spiro atoms. The van der Waals surface area contributed by atoms with Crippen molar-refractivity contribution in [1.82, 2.24) is 19.5 Å². The van der Waals surface area contributed by atoms with Gasteiger partial charge in [0.05, 0.1) is 73.7 Å². The van der Waals surface area contributed by atoms with Gasteiger partial charge in [0.2, 0.25) is 5.91 Å². The molecule has 4 aromatic rings. The van der Waals surface area contributed by atoms with Gasteiger partial charge in [-0.05, 0) is 75.6 Å². The molecule has 1 amide bonds. The minimum Gasteiger partial charge on any atom is -0.497 e. The van der Waals surface area contributed by atoms with E-state index in [-0.39, 0.29) is 90.1 Å². The van der Waals surface area contributed by atoms with Crippen LogP contribution in [0.25, 0.3) is 0 Å². The molecule has 1 aromatic heterocycles. The largest absolute Gasteiger partial charge is 0.497 e. The highest BCUT2D eigenvalue weighted by Gasteiger charge is 2.52. The van der Waals surface area contributed by atoms with E-state index in [0.29, 0.717) is 11.5 Å². The van der Waals surface area contributed by atoms with Crippen LogP contribution in [0, 0.1) is 6.92 Å². The van der Waals surface area contributed by atoms with Crippen LogP contribution in [0.2, 0.25) is 0 Å². The lowest BCUT2D eigenvalue weighted by molar-refractivity contribution is -0.279. The number of aromatic amines is 1. The van der Waals surface area contributed by atoms with Crippen LogP contribution in [0.15, 0.2) is 94.6 Å². The van der Waals surface area contributed by atoms with Crippen LogP contribution >= 0.6 is 7.75 Å². The molecule has 3 aromatic carbocycles. The van der Waals surface area contributed by atoms with Gasteiger partial charge in [-0.2, -0.15) is 0 Å². The molecule has 468 valence electrons. The van der Waals surface area contributed by atoms with Crippen molar-refractivity contribution in [2.45, 2.75) is 135 Å². The molecule has 9 atom stereocenters. The second-order valence-electron chi connectivity index (χ2n) is 20.6. The standard InChI is InChI=1S/C59H81N4O21P/c1-37(2)63(38(3)4)85(70,79-32-30-75-28-26-73-25-27-74-29-31-76-57-53(60-40(6)64)55(81-43(9)67)54(80-42(8)66)51(83-57)35-77-41(7)65)84-49-33-52(62-34-39(5)56(68)61-58(62)69)82-50(49)36-78-59(44-15-13-12-14-16-44,45-17-21-47(71-10)22-18-45)46-19-23-48(72-11)24-20-46/h12-24,34,37-38,49-55,57H,25-33,35-36H2,1-11H3,(H,60,64)(H,61,68,69)/t49-,50+,51+,52+,53+,54-,55+,57+,85?/m0/s1. The van der Waals surface area contributed by atoms with Crippen LogP contribution in [0.3, 0.4) is 0 Å². The lowest BCUT2D eigenvalue weighted by Crippen LogP contribution is -2.66. The van der Waals surface area contributed by atoms with Crippen LogP contribution in [0.5, 0.6) is 11.5 Å². The van der Waals surface area contributed by atoms with Gasteiger partial charge in [0.1, 0.15) is 54.3 Å². The topological polar surface area (TPSA) is 285 Å². The average molecular weight is 1210 g/mol. The molecule has 2 fully saturated rings. The normalized spacial score (nSPS) is 21.3. The number of amides is 1. The van der Waals surface area contributed by atoms with Gasteiger partial charge in [0.25, 0.3) is 5.56 Å². The number of hydrogen-bond donors (Lipinski definition) is 2. The molecular weight excluding hydrogens is 1130 g/mol. The summed E-state index contributed by atoms with van der Waals surface area (Å²) < 4.78 is 102. The second kappa shape index (κ2) is 32.4. The van der Waals surface area contributed by atoms with E-state index in [9.17, 15) is 28.8 Å². The summed E-state index contributed by atoms with van der Waals surface area (Å²) >= 11 is 0. The Kier molecular flexibility index (Phi) is 25.8. The molecule has 0 aliphatic carbocycles. The van der Waals surface area contributed by atoms with Crippen molar-refractivity contribution in [3.63, 3.8) is 0 Å². The van der Waals surface area contributed by atoms with Gasteiger partial charge in [-0.3, -0.25) is 42.6 Å². The van der Waals surface area contributed by atoms with Gasteiger partial charge in [-0.25, -0.2) is 14.0 Å². The maximum atomic E-state index is 15.6. The number of benzene rings is 3. The number of aromatic nitrogens is 2. The number of esters is 3. The molecule has 25 nitrogen and oxygen atoms in total. The van der Waals surface area contributed by atoms with E-state index in [4.69, 9.17) is 65.9 Å². The number of carbonyl (C=O) groups is 4. The highest BCUT2D eigenvalue weighted by atomic mass is 31.2. The average Bonchev–Trinajstić information content (AvgIpc) is 1.99. The third-order valence-electron chi connectivity index (χ3n) is 13.7. The quantitative estimate of drug-likeness (QED) is 0.0195. The van der Waals surface area contributed by atoms with Gasteiger partial charge in [0, 0.05) is 58.0 Å². The first-order valence-electron chi connectivity index (χ1n) is 28.0. The maximum absolute atomic E-state index is 15.6. The van der Waals surface area contributed by atoms with Crippen LogP contribution in [0.4, 0.5) is 0 Å². The van der Waals surface area contributed by atoms with Crippen molar-refractivity contribution in [2.75, 3.05) is 80.3 Å². The Hall–Kier alpha value is -6.35. The monoisotopic (exact) mass is 1210 g/mol. The van der Waals surface area contributed by atoms with Gasteiger partial charge >= 0.3 is 31.3 Å². The molecule has 0 bridgehead atoms. The van der Waals surface area contributed by atoms with Crippen molar-refractivity contribution in [1.29, 1.82) is 0 Å². The molecule has 2 N–H and O–H groups in total. The molecule has 1 unspecified atom stereocenters. The first kappa shape index (κ1) is 67.8. The summed E-state index contributed by atoms with van der Waals surface area (Å²) in [6.45, 7) is 13.8. The lowest BCUT2D eigenvalue weighted by atomic mass is 9.80. The summed E-state index contributed by atoms with van der Waals surface area (Å²) in [7, 11) is -1.08. The fourth-order valence-electron chi connectivity index (χ4n) is 10.1. The Morgan fingerprint density at radius 1 is 0.694 bits per heavy atom. The van der Waals surface area contributed by atoms with E-state index in [1.807, 2.05) is 107 Å². The number of ether oxygens (including phenoxy) is 12. The molecule has 6 rings (SSSR count). The fourth-order valence-corrected chi connectivity index (χ4v) is 12.4. The summed E-state index contributed by atoms with van der Waals surface area (Å²) in [5.74, 6) is -1.33. The molecule has 2 saturated heterocycles. The van der Waals surface area contributed by atoms with Gasteiger partial charge in [-0.15, -0.1) is 0 Å². The number of H-pyrrole nitrogens is 1. The summed E-state index contributed by atoms with van der Waals surface area (Å²) in [5.41, 5.74) is 0.0383. The molecule has 0 saturated carbocycles. The minimum atomic E-state index is -4.25. The summed E-state index contributed by atoms with van der Waals surface area (Å²) in [6, 6.07) is 22.9. The highest BCUT2D eigenvalue weighted by molar-refractivity contribution is 7.51. The lowest BCUT2D eigenvalue weighted by Gasteiger charge is -2.44. The molecule has 85 heavy (non-hydrogen) atoms. The number of nitrogens with zero attached hydrogens (tertiary/aromatic N) is 2. The molecule has 0 radical (unpaired) electrons. The van der Waals surface area contributed by atoms with E-state index >= 15 is 4.57 Å². The number of rotatable bonds is 33. The Bertz CT molecular complexity index is 2890. The van der Waals surface area contributed by atoms with Crippen molar-refractivity contribution < 1.29 is 89.6 Å². The number of nitrogens with one attached hydrogen (secondary N) is 2. The van der Waals surface area contributed by atoms with Crippen molar-refractivity contribution in [3.8, 4) is 11.5 Å².